The van der Waals surface area contributed by atoms with Crippen molar-refractivity contribution in [1.82, 2.24) is 5.43 Å². The number of hydrogen-bond acceptors (Lipinski definition) is 3. The van der Waals surface area contributed by atoms with Gasteiger partial charge in [0.1, 0.15) is 5.75 Å². The number of hydrazone groups is 1. The third-order valence-corrected chi connectivity index (χ3v) is 3.56. The maximum Gasteiger partial charge on any atom is 0.277 e. The average molecular weight is 312 g/mol. The number of carbonyl (C=O) groups excluding carboxylic acids is 1. The maximum absolute atomic E-state index is 11.7. The van der Waals surface area contributed by atoms with Gasteiger partial charge in [-0.15, -0.1) is 0 Å². The van der Waals surface area contributed by atoms with Crippen molar-refractivity contribution in [3.8, 4) is 5.75 Å². The van der Waals surface area contributed by atoms with E-state index in [1.165, 1.54) is 19.3 Å². The molecule has 0 heterocycles. The highest BCUT2D eigenvalue weighted by Gasteiger charge is 2.02. The summed E-state index contributed by atoms with van der Waals surface area (Å²) in [6.07, 6.45) is 7.44. The number of nitrogens with zero attached hydrogens (tertiary/aromatic N) is 1. The average Bonchev–Trinajstić information content (AvgIpc) is 2.59. The van der Waals surface area contributed by atoms with Crippen LogP contribution in [0.1, 0.15) is 39.0 Å². The first-order valence-electron chi connectivity index (χ1n) is 8.21. The van der Waals surface area contributed by atoms with Crippen LogP contribution in [0, 0.1) is 0 Å². The monoisotopic (exact) mass is 312 g/mol. The Balaban J connectivity index is 1.70. The fourth-order valence-corrected chi connectivity index (χ4v) is 2.28. The van der Waals surface area contributed by atoms with Gasteiger partial charge >= 0.3 is 0 Å². The van der Waals surface area contributed by atoms with Crippen LogP contribution in [-0.2, 0) is 4.79 Å². The maximum atomic E-state index is 11.7. The molecule has 2 rings (SSSR count). The minimum absolute atomic E-state index is 0.0362. The molecular weight excluding hydrogens is 288 g/mol. The summed E-state index contributed by atoms with van der Waals surface area (Å²) in [6.45, 7) is 2.15. The van der Waals surface area contributed by atoms with Gasteiger partial charge in [-0.1, -0.05) is 56.5 Å². The first kappa shape index (κ1) is 17.0. The van der Waals surface area contributed by atoms with Gasteiger partial charge in [-0.2, -0.15) is 5.10 Å². The second-order valence-corrected chi connectivity index (χ2v) is 5.49. The molecule has 122 valence electrons. The van der Waals surface area contributed by atoms with E-state index >= 15 is 0 Å². The molecule has 4 heteroatoms. The number of nitrogens with one attached hydrogen (secondary N) is 1. The summed E-state index contributed by atoms with van der Waals surface area (Å²) in [5.74, 6) is 0.436. The Morgan fingerprint density at radius 3 is 2.78 bits per heavy atom. The smallest absolute Gasteiger partial charge is 0.277 e. The normalized spacial score (nSPS) is 11.0. The highest BCUT2D eigenvalue weighted by Crippen LogP contribution is 2.20. The largest absolute Gasteiger partial charge is 0.484 e. The molecule has 23 heavy (non-hydrogen) atoms. The fraction of sp³-hybridized carbons (Fsp3) is 0.368. The summed E-state index contributed by atoms with van der Waals surface area (Å²) in [5, 5.41) is 6.17. The van der Waals surface area contributed by atoms with Crippen LogP contribution in [0.15, 0.2) is 47.6 Å². The standard InChI is InChI=1S/C19H24N2O2/c1-2-3-4-5-8-13-20-21-19(22)15-23-18-12-11-16-9-6-7-10-17(16)14-18/h6-7,9-14H,2-5,8,15H2,1H3,(H,21,22). The fourth-order valence-electron chi connectivity index (χ4n) is 2.28. The van der Waals surface area contributed by atoms with E-state index in [4.69, 9.17) is 4.74 Å². The number of ether oxygens (including phenoxy) is 1. The van der Waals surface area contributed by atoms with Crippen LogP contribution >= 0.6 is 0 Å². The molecule has 4 nitrogen and oxygen atoms in total. The number of amides is 1. The van der Waals surface area contributed by atoms with E-state index in [2.05, 4.69) is 17.5 Å². The lowest BCUT2D eigenvalue weighted by atomic mass is 10.1. The van der Waals surface area contributed by atoms with Crippen LogP contribution in [0.3, 0.4) is 0 Å². The molecule has 0 aliphatic heterocycles. The molecule has 1 N–H and O–H groups in total. The molecule has 0 saturated carbocycles. The Bertz CT molecular complexity index is 653. The van der Waals surface area contributed by atoms with Gasteiger partial charge in [0.05, 0.1) is 0 Å². The molecule has 0 atom stereocenters. The van der Waals surface area contributed by atoms with Gasteiger partial charge in [-0.25, -0.2) is 5.43 Å². The molecule has 0 aromatic heterocycles. The van der Waals surface area contributed by atoms with Crippen molar-refractivity contribution >= 4 is 22.9 Å². The molecule has 0 aliphatic rings. The minimum atomic E-state index is -0.247. The first-order chi connectivity index (χ1) is 11.3. The summed E-state index contributed by atoms with van der Waals surface area (Å²) in [4.78, 5) is 11.7. The van der Waals surface area contributed by atoms with Crippen molar-refractivity contribution in [3.05, 3.63) is 42.5 Å². The summed E-state index contributed by atoms with van der Waals surface area (Å²) >= 11 is 0. The van der Waals surface area contributed by atoms with E-state index in [1.54, 1.807) is 6.21 Å². The predicted octanol–water partition coefficient (Wildman–Crippen LogP) is 4.29. The molecule has 0 unspecified atom stereocenters. The Kier molecular flexibility index (Phi) is 7.11. The van der Waals surface area contributed by atoms with Gasteiger partial charge < -0.3 is 4.74 Å². The third kappa shape index (κ3) is 6.10. The van der Waals surface area contributed by atoms with Crippen LogP contribution < -0.4 is 10.2 Å². The van der Waals surface area contributed by atoms with Crippen molar-refractivity contribution in [2.75, 3.05) is 6.61 Å². The summed E-state index contributed by atoms with van der Waals surface area (Å²) in [5.41, 5.74) is 2.49. The summed E-state index contributed by atoms with van der Waals surface area (Å²) < 4.78 is 5.50. The van der Waals surface area contributed by atoms with Crippen molar-refractivity contribution in [2.24, 2.45) is 5.10 Å². The van der Waals surface area contributed by atoms with Crippen molar-refractivity contribution < 1.29 is 9.53 Å². The Hall–Kier alpha value is -2.36. The van der Waals surface area contributed by atoms with Gasteiger partial charge in [-0.3, -0.25) is 4.79 Å². The first-order valence-corrected chi connectivity index (χ1v) is 8.21. The van der Waals surface area contributed by atoms with Crippen LogP contribution in [0.4, 0.5) is 0 Å². The molecular formula is C19H24N2O2. The van der Waals surface area contributed by atoms with E-state index in [0.29, 0.717) is 5.75 Å². The van der Waals surface area contributed by atoms with Crippen LogP contribution in [0.5, 0.6) is 5.75 Å². The van der Waals surface area contributed by atoms with E-state index in [-0.39, 0.29) is 12.5 Å². The highest BCUT2D eigenvalue weighted by atomic mass is 16.5. The molecule has 2 aromatic carbocycles. The van der Waals surface area contributed by atoms with E-state index in [9.17, 15) is 4.79 Å². The minimum Gasteiger partial charge on any atom is -0.484 e. The van der Waals surface area contributed by atoms with E-state index in [1.807, 2.05) is 42.5 Å². The molecule has 0 aliphatic carbocycles. The summed E-state index contributed by atoms with van der Waals surface area (Å²) in [6, 6.07) is 13.8. The summed E-state index contributed by atoms with van der Waals surface area (Å²) in [7, 11) is 0. The molecule has 2 aromatic rings. The zero-order valence-electron chi connectivity index (χ0n) is 13.6. The number of rotatable bonds is 9. The molecule has 0 spiro atoms. The Labute approximate surface area is 137 Å². The van der Waals surface area contributed by atoms with Crippen LogP contribution in [-0.4, -0.2) is 18.7 Å². The lowest BCUT2D eigenvalue weighted by molar-refractivity contribution is -0.123. The SMILES string of the molecule is CCCCCCC=NNC(=O)COc1ccc2ccccc2c1. The Morgan fingerprint density at radius 2 is 1.96 bits per heavy atom. The Morgan fingerprint density at radius 1 is 1.13 bits per heavy atom. The van der Waals surface area contributed by atoms with E-state index < -0.39 is 0 Å². The van der Waals surface area contributed by atoms with Gasteiger partial charge in [0.15, 0.2) is 6.61 Å². The van der Waals surface area contributed by atoms with E-state index in [0.717, 1.165) is 23.6 Å². The third-order valence-electron chi connectivity index (χ3n) is 3.56. The number of unbranched alkanes of at least 4 members (excludes halogenated alkanes) is 4. The predicted molar refractivity (Wildman–Crippen MR) is 94.8 cm³/mol. The molecule has 0 fully saturated rings. The quantitative estimate of drug-likeness (QED) is 0.426. The molecule has 0 bridgehead atoms. The van der Waals surface area contributed by atoms with Crippen molar-refractivity contribution in [2.45, 2.75) is 39.0 Å². The van der Waals surface area contributed by atoms with Gasteiger partial charge in [0, 0.05) is 6.21 Å². The zero-order valence-corrected chi connectivity index (χ0v) is 13.6. The highest BCUT2D eigenvalue weighted by molar-refractivity contribution is 5.84. The lowest BCUT2D eigenvalue weighted by Crippen LogP contribution is -2.24. The van der Waals surface area contributed by atoms with Crippen LogP contribution in [0.25, 0.3) is 10.8 Å². The number of benzene rings is 2. The molecule has 1 amide bonds. The van der Waals surface area contributed by atoms with Crippen LogP contribution in [0.2, 0.25) is 0 Å². The van der Waals surface area contributed by atoms with Crippen molar-refractivity contribution in [3.63, 3.8) is 0 Å². The number of hydrogen-bond donors (Lipinski definition) is 1. The molecule has 0 saturated heterocycles. The van der Waals surface area contributed by atoms with Gasteiger partial charge in [0.25, 0.3) is 5.91 Å². The van der Waals surface area contributed by atoms with Gasteiger partial charge in [0.2, 0.25) is 0 Å². The number of carbonyl (C=O) groups is 1. The molecule has 0 radical (unpaired) electrons. The topological polar surface area (TPSA) is 50.7 Å². The van der Waals surface area contributed by atoms with Crippen molar-refractivity contribution in [1.29, 1.82) is 0 Å². The lowest BCUT2D eigenvalue weighted by Gasteiger charge is -2.06. The number of fused-ring (bicyclic) bond motifs is 1. The van der Waals surface area contributed by atoms with Gasteiger partial charge in [-0.05, 0) is 35.7 Å². The second-order valence-electron chi connectivity index (χ2n) is 5.49. The second kappa shape index (κ2) is 9.62. The zero-order chi connectivity index (χ0) is 16.3.